The predicted molar refractivity (Wildman–Crippen MR) is 136 cm³/mol. The highest BCUT2D eigenvalue weighted by atomic mass is 16.5. The van der Waals surface area contributed by atoms with Crippen LogP contribution in [0.4, 0.5) is 0 Å². The third-order valence-electron chi connectivity index (χ3n) is 6.76. The summed E-state index contributed by atoms with van der Waals surface area (Å²) < 4.78 is 17.2. The zero-order valence-electron chi connectivity index (χ0n) is 21.2. The standard InChI is InChI=1S/C28H30N4O6/c1-2-31-17-26(33)29-24-16-32(28(35)23-10-12-37-30-23)11-9-25(24)36-18-20-6-4-8-22(14-20)38-21-7-3-5-19(13-21)15-27(31)34/h3-8,10,12-14,24-25H,2,9,11,15-18H2,1H3,(H,29,33)/t24-,25-/m0/s1. The van der Waals surface area contributed by atoms with Crippen LogP contribution in [0.15, 0.2) is 65.4 Å². The molecule has 2 aromatic carbocycles. The van der Waals surface area contributed by atoms with E-state index in [-0.39, 0.29) is 49.0 Å². The van der Waals surface area contributed by atoms with Crippen molar-refractivity contribution in [1.29, 1.82) is 0 Å². The Balaban J connectivity index is 1.40. The van der Waals surface area contributed by atoms with Gasteiger partial charge in [0.25, 0.3) is 5.91 Å². The first-order valence-electron chi connectivity index (χ1n) is 12.7. The SMILES string of the molecule is CCN1CC(=O)N[C@H]2CN(C(=O)c3ccon3)CC[C@@H]2OCc2cccc(c2)Oc2cccc(c2)CC1=O. The van der Waals surface area contributed by atoms with Crippen molar-refractivity contribution < 1.29 is 28.4 Å². The molecule has 0 radical (unpaired) electrons. The van der Waals surface area contributed by atoms with Gasteiger partial charge in [-0.25, -0.2) is 0 Å². The first-order chi connectivity index (χ1) is 18.5. The first-order valence-corrected chi connectivity index (χ1v) is 12.7. The minimum atomic E-state index is -0.467. The van der Waals surface area contributed by atoms with Crippen molar-refractivity contribution in [2.24, 2.45) is 0 Å². The summed E-state index contributed by atoms with van der Waals surface area (Å²) in [6, 6.07) is 16.1. The quantitative estimate of drug-likeness (QED) is 0.555. The van der Waals surface area contributed by atoms with Gasteiger partial charge in [-0.05, 0) is 48.7 Å². The van der Waals surface area contributed by atoms with E-state index in [1.54, 1.807) is 4.90 Å². The Labute approximate surface area is 220 Å². The highest BCUT2D eigenvalue weighted by Gasteiger charge is 2.34. The Morgan fingerprint density at radius 3 is 2.58 bits per heavy atom. The van der Waals surface area contributed by atoms with Crippen LogP contribution in [-0.4, -0.2) is 71.0 Å². The second-order valence-corrected chi connectivity index (χ2v) is 9.43. The molecule has 4 bridgehead atoms. The van der Waals surface area contributed by atoms with Crippen molar-refractivity contribution in [2.45, 2.75) is 38.5 Å². The lowest BCUT2D eigenvalue weighted by atomic mass is 10.0. The third kappa shape index (κ3) is 6.03. The number of rotatable bonds is 2. The zero-order valence-corrected chi connectivity index (χ0v) is 21.2. The van der Waals surface area contributed by atoms with E-state index in [0.717, 1.165) is 11.1 Å². The van der Waals surface area contributed by atoms with E-state index in [1.807, 2.05) is 55.5 Å². The van der Waals surface area contributed by atoms with E-state index in [2.05, 4.69) is 10.5 Å². The van der Waals surface area contributed by atoms with Crippen molar-refractivity contribution in [2.75, 3.05) is 26.2 Å². The number of piperidine rings is 1. The van der Waals surface area contributed by atoms with Crippen molar-refractivity contribution >= 4 is 17.7 Å². The number of aromatic nitrogens is 1. The molecule has 2 aliphatic heterocycles. The van der Waals surface area contributed by atoms with E-state index in [1.165, 1.54) is 17.2 Å². The molecule has 3 heterocycles. The Hall–Kier alpha value is -4.18. The highest BCUT2D eigenvalue weighted by Crippen LogP contribution is 2.25. The van der Waals surface area contributed by atoms with E-state index in [0.29, 0.717) is 37.6 Å². The number of ether oxygens (including phenoxy) is 2. The monoisotopic (exact) mass is 518 g/mol. The second kappa shape index (κ2) is 11.5. The van der Waals surface area contributed by atoms with Gasteiger partial charge in [0, 0.05) is 25.7 Å². The van der Waals surface area contributed by atoms with Crippen molar-refractivity contribution in [3.8, 4) is 11.5 Å². The number of carbonyl (C=O) groups excluding carboxylic acids is 3. The minimum absolute atomic E-state index is 0.0905. The molecule has 1 N–H and O–H groups in total. The average molecular weight is 519 g/mol. The number of likely N-dealkylation sites (tertiary alicyclic amines) is 1. The van der Waals surface area contributed by atoms with Crippen molar-refractivity contribution in [3.63, 3.8) is 0 Å². The molecule has 1 saturated heterocycles. The molecule has 1 fully saturated rings. The summed E-state index contributed by atoms with van der Waals surface area (Å²) in [7, 11) is 0. The van der Waals surface area contributed by atoms with E-state index in [9.17, 15) is 14.4 Å². The molecule has 3 aromatic rings. The van der Waals surface area contributed by atoms with Gasteiger partial charge in [-0.1, -0.05) is 29.4 Å². The first kappa shape index (κ1) is 25.5. The van der Waals surface area contributed by atoms with Gasteiger partial charge in [0.15, 0.2) is 5.69 Å². The molecule has 38 heavy (non-hydrogen) atoms. The molecule has 198 valence electrons. The van der Waals surface area contributed by atoms with Gasteiger partial charge in [0.2, 0.25) is 11.8 Å². The number of nitrogens with one attached hydrogen (secondary N) is 1. The van der Waals surface area contributed by atoms with Crippen LogP contribution in [0.3, 0.4) is 0 Å². The number of benzene rings is 2. The fourth-order valence-electron chi connectivity index (χ4n) is 4.78. The van der Waals surface area contributed by atoms with Crippen LogP contribution in [0, 0.1) is 0 Å². The Morgan fingerprint density at radius 2 is 1.84 bits per heavy atom. The molecular formula is C28H30N4O6. The number of hydrogen-bond donors (Lipinski definition) is 1. The molecule has 10 heteroatoms. The zero-order chi connectivity index (χ0) is 26.5. The smallest absolute Gasteiger partial charge is 0.276 e. The summed E-state index contributed by atoms with van der Waals surface area (Å²) in [6.45, 7) is 3.14. The van der Waals surface area contributed by atoms with Gasteiger partial charge in [-0.2, -0.15) is 0 Å². The molecule has 3 amide bonds. The Morgan fingerprint density at radius 1 is 1.08 bits per heavy atom. The lowest BCUT2D eigenvalue weighted by Gasteiger charge is -2.38. The normalized spacial score (nSPS) is 20.7. The summed E-state index contributed by atoms with van der Waals surface area (Å²) in [6.07, 6.45) is 1.69. The molecule has 2 aliphatic rings. The van der Waals surface area contributed by atoms with Crippen molar-refractivity contribution in [3.05, 3.63) is 77.7 Å². The number of hydrogen-bond acceptors (Lipinski definition) is 7. The second-order valence-electron chi connectivity index (χ2n) is 9.43. The largest absolute Gasteiger partial charge is 0.457 e. The summed E-state index contributed by atoms with van der Waals surface area (Å²) in [5.41, 5.74) is 1.93. The number of likely N-dealkylation sites (N-methyl/N-ethyl adjacent to an activating group) is 1. The molecular weight excluding hydrogens is 488 g/mol. The Kier molecular flexibility index (Phi) is 7.69. The summed E-state index contributed by atoms with van der Waals surface area (Å²) in [5.74, 6) is 0.546. The third-order valence-corrected chi connectivity index (χ3v) is 6.76. The molecule has 5 rings (SSSR count). The van der Waals surface area contributed by atoms with Crippen LogP contribution in [0.5, 0.6) is 11.5 Å². The highest BCUT2D eigenvalue weighted by molar-refractivity contribution is 5.92. The number of fused-ring (bicyclic) bond motifs is 5. The van der Waals surface area contributed by atoms with E-state index < -0.39 is 6.04 Å². The van der Waals surface area contributed by atoms with Gasteiger partial charge in [0.1, 0.15) is 17.8 Å². The van der Waals surface area contributed by atoms with Gasteiger partial charge in [-0.3, -0.25) is 14.4 Å². The van der Waals surface area contributed by atoms with E-state index >= 15 is 0 Å². The maximum absolute atomic E-state index is 13.1. The van der Waals surface area contributed by atoms with E-state index in [4.69, 9.17) is 14.0 Å². The predicted octanol–water partition coefficient (Wildman–Crippen LogP) is 2.79. The molecule has 0 unspecified atom stereocenters. The minimum Gasteiger partial charge on any atom is -0.457 e. The van der Waals surface area contributed by atoms with Crippen LogP contribution in [0.2, 0.25) is 0 Å². The van der Waals surface area contributed by atoms with Crippen LogP contribution >= 0.6 is 0 Å². The summed E-state index contributed by atoms with van der Waals surface area (Å²) >= 11 is 0. The van der Waals surface area contributed by atoms with Crippen LogP contribution in [0.1, 0.15) is 35.0 Å². The van der Waals surface area contributed by atoms with Crippen LogP contribution < -0.4 is 10.1 Å². The summed E-state index contributed by atoms with van der Waals surface area (Å²) in [5, 5.41) is 6.77. The lowest BCUT2D eigenvalue weighted by Crippen LogP contribution is -2.58. The number of amides is 3. The Bertz CT molecular complexity index is 1290. The van der Waals surface area contributed by atoms with Gasteiger partial charge in [-0.15, -0.1) is 0 Å². The maximum Gasteiger partial charge on any atom is 0.276 e. The molecule has 0 saturated carbocycles. The van der Waals surface area contributed by atoms with Gasteiger partial charge < -0.3 is 29.1 Å². The number of carbonyl (C=O) groups is 3. The number of nitrogens with zero attached hydrogens (tertiary/aromatic N) is 3. The fraction of sp³-hybridized carbons (Fsp3) is 0.357. The molecule has 0 aliphatic carbocycles. The average Bonchev–Trinajstić information content (AvgIpc) is 3.46. The maximum atomic E-state index is 13.1. The molecule has 1 aromatic heterocycles. The van der Waals surface area contributed by atoms with Crippen LogP contribution in [0.25, 0.3) is 0 Å². The van der Waals surface area contributed by atoms with Crippen LogP contribution in [-0.2, 0) is 27.4 Å². The molecule has 0 spiro atoms. The fourth-order valence-corrected chi connectivity index (χ4v) is 4.78. The lowest BCUT2D eigenvalue weighted by molar-refractivity contribution is -0.136. The molecule has 2 atom stereocenters. The van der Waals surface area contributed by atoms with Gasteiger partial charge in [0.05, 0.1) is 31.7 Å². The van der Waals surface area contributed by atoms with Gasteiger partial charge >= 0.3 is 0 Å². The van der Waals surface area contributed by atoms with Crippen molar-refractivity contribution in [1.82, 2.24) is 20.3 Å². The molecule has 10 nitrogen and oxygen atoms in total. The topological polar surface area (TPSA) is 114 Å². The summed E-state index contributed by atoms with van der Waals surface area (Å²) in [4.78, 5) is 42.2.